The number of rotatable bonds is 6. The molecule has 2 nitrogen and oxygen atoms in total. The molecule has 0 N–H and O–H groups in total. The monoisotopic (exact) mass is 243 g/mol. The lowest BCUT2D eigenvalue weighted by Crippen LogP contribution is -2.20. The van der Waals surface area contributed by atoms with Crippen molar-refractivity contribution in [2.75, 3.05) is 7.11 Å². The summed E-state index contributed by atoms with van der Waals surface area (Å²) in [7, 11) is 1.66. The molecule has 1 aromatic rings. The van der Waals surface area contributed by atoms with Crippen LogP contribution < -0.4 is 0 Å². The fraction of sp³-hybridized carbons (Fsp3) is 0.250. The highest BCUT2D eigenvalue weighted by Gasteiger charge is 2.06. The SMILES string of the molecule is C=C(/C=C\C=C/C)N(Cc1ccccc1C)OC. The number of benzene rings is 1. The topological polar surface area (TPSA) is 12.5 Å². The molecule has 0 aliphatic heterocycles. The third-order valence-corrected chi connectivity index (χ3v) is 2.71. The molecule has 0 unspecified atom stereocenters. The van der Waals surface area contributed by atoms with Crippen LogP contribution in [0, 0.1) is 6.92 Å². The lowest BCUT2D eigenvalue weighted by molar-refractivity contribution is -0.104. The van der Waals surface area contributed by atoms with Crippen molar-refractivity contribution in [2.24, 2.45) is 0 Å². The molecule has 0 aliphatic carbocycles. The van der Waals surface area contributed by atoms with Gasteiger partial charge in [0.25, 0.3) is 0 Å². The van der Waals surface area contributed by atoms with Crippen molar-refractivity contribution in [1.82, 2.24) is 5.06 Å². The summed E-state index contributed by atoms with van der Waals surface area (Å²) >= 11 is 0. The van der Waals surface area contributed by atoms with Crippen LogP contribution in [0.1, 0.15) is 18.1 Å². The summed E-state index contributed by atoms with van der Waals surface area (Å²) < 4.78 is 0. The first-order chi connectivity index (χ1) is 8.69. The average Bonchev–Trinajstić information content (AvgIpc) is 2.38. The summed E-state index contributed by atoms with van der Waals surface area (Å²) in [6, 6.07) is 8.28. The van der Waals surface area contributed by atoms with Crippen LogP contribution in [0.3, 0.4) is 0 Å². The van der Waals surface area contributed by atoms with Gasteiger partial charge in [0.15, 0.2) is 0 Å². The Kier molecular flexibility index (Phi) is 5.95. The Bertz CT molecular complexity index is 446. The van der Waals surface area contributed by atoms with Crippen LogP contribution in [0.15, 0.2) is 60.8 Å². The molecule has 1 rings (SSSR count). The second-order valence-electron chi connectivity index (χ2n) is 4.02. The Morgan fingerprint density at radius 1 is 1.33 bits per heavy atom. The number of nitrogens with zero attached hydrogens (tertiary/aromatic N) is 1. The Hall–Kier alpha value is -1.80. The first-order valence-corrected chi connectivity index (χ1v) is 6.03. The van der Waals surface area contributed by atoms with Crippen molar-refractivity contribution in [3.05, 3.63) is 72.0 Å². The van der Waals surface area contributed by atoms with Crippen molar-refractivity contribution in [3.63, 3.8) is 0 Å². The second kappa shape index (κ2) is 7.51. The molecule has 18 heavy (non-hydrogen) atoms. The molecule has 0 heterocycles. The van der Waals surface area contributed by atoms with E-state index in [0.29, 0.717) is 6.54 Å². The van der Waals surface area contributed by atoms with Gasteiger partial charge in [0, 0.05) is 0 Å². The van der Waals surface area contributed by atoms with Crippen molar-refractivity contribution in [2.45, 2.75) is 20.4 Å². The van der Waals surface area contributed by atoms with E-state index >= 15 is 0 Å². The zero-order valence-corrected chi connectivity index (χ0v) is 11.4. The summed E-state index contributed by atoms with van der Waals surface area (Å²) in [6.07, 6.45) is 7.82. The molecule has 0 atom stereocenters. The van der Waals surface area contributed by atoms with Crippen LogP contribution >= 0.6 is 0 Å². The zero-order valence-electron chi connectivity index (χ0n) is 11.4. The zero-order chi connectivity index (χ0) is 13.4. The Labute approximate surface area is 110 Å². The van der Waals surface area contributed by atoms with Crippen molar-refractivity contribution < 1.29 is 4.84 Å². The predicted octanol–water partition coefficient (Wildman–Crippen LogP) is 4.00. The van der Waals surface area contributed by atoms with E-state index < -0.39 is 0 Å². The second-order valence-corrected chi connectivity index (χ2v) is 4.02. The van der Waals surface area contributed by atoms with Crippen molar-refractivity contribution >= 4 is 0 Å². The number of hydrogen-bond acceptors (Lipinski definition) is 2. The van der Waals surface area contributed by atoms with Gasteiger partial charge in [-0.2, -0.15) is 0 Å². The largest absolute Gasteiger partial charge is 0.276 e. The maximum absolute atomic E-state index is 5.36. The van der Waals surface area contributed by atoms with Gasteiger partial charge in [-0.05, 0) is 31.1 Å². The van der Waals surface area contributed by atoms with Crippen LogP contribution in [0.5, 0.6) is 0 Å². The van der Waals surface area contributed by atoms with E-state index in [4.69, 9.17) is 4.84 Å². The number of aryl methyl sites for hydroxylation is 1. The van der Waals surface area contributed by atoms with E-state index in [2.05, 4.69) is 25.6 Å². The molecule has 0 aliphatic rings. The van der Waals surface area contributed by atoms with E-state index in [-0.39, 0.29) is 0 Å². The smallest absolute Gasteiger partial charge is 0.0708 e. The van der Waals surface area contributed by atoms with Crippen LogP contribution in [-0.2, 0) is 11.4 Å². The molecule has 2 heteroatoms. The molecule has 0 radical (unpaired) electrons. The highest BCUT2D eigenvalue weighted by atomic mass is 16.7. The van der Waals surface area contributed by atoms with Gasteiger partial charge in [-0.15, -0.1) is 0 Å². The van der Waals surface area contributed by atoms with E-state index in [0.717, 1.165) is 5.70 Å². The normalized spacial score (nSPS) is 11.3. The van der Waals surface area contributed by atoms with Crippen LogP contribution in [-0.4, -0.2) is 12.2 Å². The number of hydroxylamine groups is 2. The molecule has 0 bridgehead atoms. The highest BCUT2D eigenvalue weighted by Crippen LogP contribution is 2.14. The van der Waals surface area contributed by atoms with Gasteiger partial charge >= 0.3 is 0 Å². The summed E-state index contributed by atoms with van der Waals surface area (Å²) in [6.45, 7) is 8.78. The molecule has 0 aromatic heterocycles. The number of hydrogen-bond donors (Lipinski definition) is 0. The van der Waals surface area contributed by atoms with Gasteiger partial charge in [0.2, 0.25) is 0 Å². The minimum Gasteiger partial charge on any atom is -0.276 e. The Morgan fingerprint density at radius 3 is 2.67 bits per heavy atom. The van der Waals surface area contributed by atoms with Crippen molar-refractivity contribution in [3.8, 4) is 0 Å². The fourth-order valence-corrected chi connectivity index (χ4v) is 1.59. The van der Waals surface area contributed by atoms with Gasteiger partial charge in [-0.25, -0.2) is 0 Å². The van der Waals surface area contributed by atoms with Crippen LogP contribution in [0.2, 0.25) is 0 Å². The summed E-state index contributed by atoms with van der Waals surface area (Å²) in [4.78, 5) is 5.36. The first kappa shape index (κ1) is 14.3. The molecule has 1 aromatic carbocycles. The summed E-state index contributed by atoms with van der Waals surface area (Å²) in [5.74, 6) is 0. The molecule has 96 valence electrons. The quantitative estimate of drug-likeness (QED) is 0.553. The molecule has 0 fully saturated rings. The molecule has 0 spiro atoms. The van der Waals surface area contributed by atoms with E-state index in [1.165, 1.54) is 11.1 Å². The molecule has 0 saturated carbocycles. The van der Waals surface area contributed by atoms with E-state index in [1.54, 1.807) is 12.2 Å². The molecular weight excluding hydrogens is 222 g/mol. The van der Waals surface area contributed by atoms with Gasteiger partial charge in [0.05, 0.1) is 19.4 Å². The van der Waals surface area contributed by atoms with Gasteiger partial charge < -0.3 is 0 Å². The molecule has 0 saturated heterocycles. The summed E-state index contributed by atoms with van der Waals surface area (Å²) in [5, 5.41) is 1.78. The lowest BCUT2D eigenvalue weighted by Gasteiger charge is -2.22. The van der Waals surface area contributed by atoms with Gasteiger partial charge in [0.1, 0.15) is 0 Å². The maximum Gasteiger partial charge on any atom is 0.0708 e. The molecule has 0 amide bonds. The van der Waals surface area contributed by atoms with Crippen LogP contribution in [0.25, 0.3) is 0 Å². The third kappa shape index (κ3) is 4.22. The minimum absolute atomic E-state index is 0.697. The van der Waals surface area contributed by atoms with Crippen molar-refractivity contribution in [1.29, 1.82) is 0 Å². The van der Waals surface area contributed by atoms with Gasteiger partial charge in [-0.3, -0.25) is 9.90 Å². The third-order valence-electron chi connectivity index (χ3n) is 2.71. The minimum atomic E-state index is 0.697. The van der Waals surface area contributed by atoms with E-state index in [1.807, 2.05) is 43.4 Å². The lowest BCUT2D eigenvalue weighted by atomic mass is 10.1. The maximum atomic E-state index is 5.36. The van der Waals surface area contributed by atoms with E-state index in [9.17, 15) is 0 Å². The Balaban J connectivity index is 2.73. The first-order valence-electron chi connectivity index (χ1n) is 6.03. The predicted molar refractivity (Wildman–Crippen MR) is 76.8 cm³/mol. The fourth-order valence-electron chi connectivity index (χ4n) is 1.59. The Morgan fingerprint density at radius 2 is 2.06 bits per heavy atom. The average molecular weight is 243 g/mol. The summed E-state index contributed by atoms with van der Waals surface area (Å²) in [5.41, 5.74) is 3.32. The highest BCUT2D eigenvalue weighted by molar-refractivity contribution is 5.26. The molecular formula is C16H21NO. The standard InChI is InChI=1S/C16H21NO/c1-5-6-7-11-15(3)17(18-4)13-16-12-9-8-10-14(16)2/h5-12H,3,13H2,1-2,4H3/b6-5-,11-7-. The van der Waals surface area contributed by atoms with Gasteiger partial charge in [-0.1, -0.05) is 49.1 Å². The van der Waals surface area contributed by atoms with Crippen LogP contribution in [0.4, 0.5) is 0 Å². The number of allylic oxidation sites excluding steroid dienone is 4.